The van der Waals surface area contributed by atoms with E-state index < -0.39 is 0 Å². The van der Waals surface area contributed by atoms with Crippen molar-refractivity contribution in [2.24, 2.45) is 0 Å². The van der Waals surface area contributed by atoms with Gasteiger partial charge in [-0.05, 0) is 50.1 Å². The molecule has 0 saturated carbocycles. The monoisotopic (exact) mass is 425 g/mol. The number of aryl methyl sites for hydroxylation is 1. The molecule has 0 radical (unpaired) electrons. The predicted octanol–water partition coefficient (Wildman–Crippen LogP) is 6.72. The molecular formula is C23H33Cl2NO2. The number of hydrogen-bond acceptors (Lipinski definition) is 3. The molecule has 2 aromatic rings. The Morgan fingerprint density at radius 1 is 0.929 bits per heavy atom. The Morgan fingerprint density at radius 3 is 2.36 bits per heavy atom. The third-order valence-corrected chi connectivity index (χ3v) is 4.69. The van der Waals surface area contributed by atoms with E-state index in [2.05, 4.69) is 43.4 Å². The molecule has 0 spiro atoms. The highest BCUT2D eigenvalue weighted by Gasteiger charge is 2.13. The van der Waals surface area contributed by atoms with Crippen molar-refractivity contribution in [1.29, 1.82) is 0 Å². The Hall–Kier alpha value is -1.42. The van der Waals surface area contributed by atoms with Gasteiger partial charge in [0.25, 0.3) is 0 Å². The SMILES string of the molecule is CCCCCCNCc1cc(Cl)c(OCc2ccc(C)cc2)c(OCC)c1.Cl. The van der Waals surface area contributed by atoms with Crippen LogP contribution in [0.2, 0.25) is 5.02 Å². The van der Waals surface area contributed by atoms with Gasteiger partial charge in [0.2, 0.25) is 0 Å². The zero-order valence-corrected chi connectivity index (χ0v) is 18.8. The summed E-state index contributed by atoms with van der Waals surface area (Å²) >= 11 is 6.51. The molecule has 0 saturated heterocycles. The zero-order valence-electron chi connectivity index (χ0n) is 17.2. The Kier molecular flexibility index (Phi) is 12.1. The molecule has 0 unspecified atom stereocenters. The first-order valence-corrected chi connectivity index (χ1v) is 10.4. The van der Waals surface area contributed by atoms with Crippen molar-refractivity contribution in [1.82, 2.24) is 5.32 Å². The van der Waals surface area contributed by atoms with Crippen molar-refractivity contribution in [2.75, 3.05) is 13.2 Å². The summed E-state index contributed by atoms with van der Waals surface area (Å²) < 4.78 is 11.8. The van der Waals surface area contributed by atoms with Crippen molar-refractivity contribution in [3.8, 4) is 11.5 Å². The van der Waals surface area contributed by atoms with Gasteiger partial charge in [-0.25, -0.2) is 0 Å². The van der Waals surface area contributed by atoms with Gasteiger partial charge in [0.05, 0.1) is 11.6 Å². The van der Waals surface area contributed by atoms with Crippen LogP contribution in [0.15, 0.2) is 36.4 Å². The highest BCUT2D eigenvalue weighted by Crippen LogP contribution is 2.37. The summed E-state index contributed by atoms with van der Waals surface area (Å²) in [6.45, 7) is 9.12. The molecule has 2 aromatic carbocycles. The molecule has 0 aliphatic carbocycles. The van der Waals surface area contributed by atoms with Crippen LogP contribution in [0.5, 0.6) is 11.5 Å². The molecule has 2 rings (SSSR count). The second-order valence-electron chi connectivity index (χ2n) is 6.85. The highest BCUT2D eigenvalue weighted by atomic mass is 35.5. The third-order valence-electron chi connectivity index (χ3n) is 4.41. The standard InChI is InChI=1S/C23H32ClNO2.ClH/c1-4-6-7-8-13-25-16-20-14-21(24)23(22(15-20)26-5-2)27-17-19-11-9-18(3)10-12-19;/h9-12,14-15,25H,4-8,13,16-17H2,1-3H3;1H. The molecular weight excluding hydrogens is 393 g/mol. The average Bonchev–Trinajstić information content (AvgIpc) is 2.65. The zero-order chi connectivity index (χ0) is 19.5. The van der Waals surface area contributed by atoms with Gasteiger partial charge in [-0.2, -0.15) is 0 Å². The molecule has 0 amide bonds. The number of rotatable bonds is 12. The molecule has 28 heavy (non-hydrogen) atoms. The van der Waals surface area contributed by atoms with Crippen LogP contribution < -0.4 is 14.8 Å². The van der Waals surface area contributed by atoms with E-state index in [4.69, 9.17) is 21.1 Å². The average molecular weight is 426 g/mol. The van der Waals surface area contributed by atoms with Crippen LogP contribution in [-0.2, 0) is 13.2 Å². The van der Waals surface area contributed by atoms with Crippen molar-refractivity contribution < 1.29 is 9.47 Å². The molecule has 0 aliphatic rings. The van der Waals surface area contributed by atoms with Crippen molar-refractivity contribution in [2.45, 2.75) is 59.6 Å². The molecule has 1 N–H and O–H groups in total. The largest absolute Gasteiger partial charge is 0.490 e. The van der Waals surface area contributed by atoms with E-state index in [0.717, 1.165) is 24.2 Å². The smallest absolute Gasteiger partial charge is 0.180 e. The lowest BCUT2D eigenvalue weighted by Crippen LogP contribution is -2.15. The minimum atomic E-state index is 0. The first kappa shape index (κ1) is 24.6. The Labute approximate surface area is 181 Å². The van der Waals surface area contributed by atoms with Crippen LogP contribution in [0.1, 0.15) is 56.2 Å². The molecule has 0 atom stereocenters. The van der Waals surface area contributed by atoms with Gasteiger partial charge in [0, 0.05) is 6.54 Å². The maximum atomic E-state index is 6.51. The lowest BCUT2D eigenvalue weighted by Gasteiger charge is -2.16. The summed E-state index contributed by atoms with van der Waals surface area (Å²) in [5.74, 6) is 1.32. The van der Waals surface area contributed by atoms with E-state index in [-0.39, 0.29) is 12.4 Å². The molecule has 0 aliphatic heterocycles. The Bertz CT molecular complexity index is 690. The quantitative estimate of drug-likeness (QED) is 0.382. The van der Waals surface area contributed by atoms with Gasteiger partial charge < -0.3 is 14.8 Å². The molecule has 156 valence electrons. The molecule has 0 bridgehead atoms. The van der Waals surface area contributed by atoms with E-state index in [1.54, 1.807) is 0 Å². The van der Waals surface area contributed by atoms with Crippen LogP contribution in [0.4, 0.5) is 0 Å². The lowest BCUT2D eigenvalue weighted by atomic mass is 10.1. The van der Waals surface area contributed by atoms with Crippen LogP contribution in [0.25, 0.3) is 0 Å². The number of hydrogen-bond donors (Lipinski definition) is 1. The number of halogens is 2. The minimum Gasteiger partial charge on any atom is -0.490 e. The maximum absolute atomic E-state index is 6.51. The number of ether oxygens (including phenoxy) is 2. The second-order valence-corrected chi connectivity index (χ2v) is 7.26. The highest BCUT2D eigenvalue weighted by molar-refractivity contribution is 6.32. The van der Waals surface area contributed by atoms with Gasteiger partial charge in [-0.1, -0.05) is 67.6 Å². The van der Waals surface area contributed by atoms with E-state index in [1.165, 1.54) is 31.2 Å². The van der Waals surface area contributed by atoms with Gasteiger partial charge in [-0.3, -0.25) is 0 Å². The summed E-state index contributed by atoms with van der Waals surface area (Å²) in [6.07, 6.45) is 5.05. The molecule has 0 heterocycles. The third kappa shape index (κ3) is 8.30. The van der Waals surface area contributed by atoms with Crippen LogP contribution in [-0.4, -0.2) is 13.2 Å². The maximum Gasteiger partial charge on any atom is 0.180 e. The summed E-state index contributed by atoms with van der Waals surface area (Å²) in [5.41, 5.74) is 3.46. The van der Waals surface area contributed by atoms with Crippen LogP contribution >= 0.6 is 24.0 Å². The molecule has 0 fully saturated rings. The van der Waals surface area contributed by atoms with E-state index in [9.17, 15) is 0 Å². The number of nitrogens with one attached hydrogen (secondary N) is 1. The van der Waals surface area contributed by atoms with Crippen LogP contribution in [0, 0.1) is 6.92 Å². The normalized spacial score (nSPS) is 10.4. The fourth-order valence-corrected chi connectivity index (χ4v) is 3.16. The fraction of sp³-hybridized carbons (Fsp3) is 0.478. The van der Waals surface area contributed by atoms with E-state index in [0.29, 0.717) is 29.7 Å². The predicted molar refractivity (Wildman–Crippen MR) is 121 cm³/mol. The second kappa shape index (κ2) is 13.7. The first-order chi connectivity index (χ1) is 13.1. The first-order valence-electron chi connectivity index (χ1n) is 9.98. The van der Waals surface area contributed by atoms with Gasteiger partial charge in [0.15, 0.2) is 11.5 Å². The molecule has 0 aromatic heterocycles. The summed E-state index contributed by atoms with van der Waals surface area (Å²) in [7, 11) is 0. The molecule has 5 heteroatoms. The number of benzene rings is 2. The number of unbranched alkanes of at least 4 members (excludes halogenated alkanes) is 3. The molecule has 3 nitrogen and oxygen atoms in total. The van der Waals surface area contributed by atoms with Gasteiger partial charge in [0.1, 0.15) is 6.61 Å². The summed E-state index contributed by atoms with van der Waals surface area (Å²) in [4.78, 5) is 0. The van der Waals surface area contributed by atoms with E-state index in [1.807, 2.05) is 19.1 Å². The Morgan fingerprint density at radius 2 is 1.68 bits per heavy atom. The van der Waals surface area contributed by atoms with E-state index >= 15 is 0 Å². The summed E-state index contributed by atoms with van der Waals surface area (Å²) in [6, 6.07) is 12.3. The fourth-order valence-electron chi connectivity index (χ4n) is 2.88. The van der Waals surface area contributed by atoms with Gasteiger partial charge in [-0.15, -0.1) is 12.4 Å². The minimum absolute atomic E-state index is 0. The van der Waals surface area contributed by atoms with Crippen molar-refractivity contribution in [3.63, 3.8) is 0 Å². The summed E-state index contributed by atoms with van der Waals surface area (Å²) in [5, 5.41) is 4.08. The van der Waals surface area contributed by atoms with Crippen molar-refractivity contribution >= 4 is 24.0 Å². The lowest BCUT2D eigenvalue weighted by molar-refractivity contribution is 0.269. The topological polar surface area (TPSA) is 30.5 Å². The van der Waals surface area contributed by atoms with Crippen LogP contribution in [0.3, 0.4) is 0 Å². The Balaban J connectivity index is 0.00000392. The van der Waals surface area contributed by atoms with Gasteiger partial charge >= 0.3 is 0 Å². The van der Waals surface area contributed by atoms with Crippen molar-refractivity contribution in [3.05, 3.63) is 58.1 Å².